The van der Waals surface area contributed by atoms with Crippen molar-refractivity contribution in [1.82, 2.24) is 8.61 Å². The number of hydrogen-bond acceptors (Lipinski definition) is 4. The van der Waals surface area contributed by atoms with Crippen LogP contribution in [0.3, 0.4) is 0 Å². The van der Waals surface area contributed by atoms with Crippen molar-refractivity contribution in [2.24, 2.45) is 5.92 Å². The van der Waals surface area contributed by atoms with Crippen molar-refractivity contribution >= 4 is 10.2 Å². The number of piperidine rings is 1. The summed E-state index contributed by atoms with van der Waals surface area (Å²) in [7, 11) is -3.35. The number of rotatable bonds is 3. The highest BCUT2D eigenvalue weighted by Gasteiger charge is 2.34. The predicted octanol–water partition coefficient (Wildman–Crippen LogP) is -0.732. The molecule has 0 aromatic carbocycles. The summed E-state index contributed by atoms with van der Waals surface area (Å²) in [6, 6.07) is 0. The zero-order chi connectivity index (χ0) is 12.3. The van der Waals surface area contributed by atoms with E-state index in [0.29, 0.717) is 39.4 Å². The zero-order valence-electron chi connectivity index (χ0n) is 9.92. The van der Waals surface area contributed by atoms with Crippen molar-refractivity contribution in [2.45, 2.75) is 12.8 Å². The second kappa shape index (κ2) is 5.62. The van der Waals surface area contributed by atoms with E-state index in [2.05, 4.69) is 0 Å². The Labute approximate surface area is 102 Å². The third-order valence-electron chi connectivity index (χ3n) is 3.36. The fourth-order valence-electron chi connectivity index (χ4n) is 2.33. The molecule has 1 atom stereocenters. The molecular weight excluding hydrogens is 244 g/mol. The van der Waals surface area contributed by atoms with Crippen LogP contribution in [0.25, 0.3) is 0 Å². The van der Waals surface area contributed by atoms with Gasteiger partial charge in [-0.2, -0.15) is 17.0 Å². The zero-order valence-corrected chi connectivity index (χ0v) is 10.7. The Morgan fingerprint density at radius 1 is 1.18 bits per heavy atom. The highest BCUT2D eigenvalue weighted by molar-refractivity contribution is 7.86. The molecular formula is C10H20N2O4S. The lowest BCUT2D eigenvalue weighted by atomic mass is 10.0. The molecule has 100 valence electrons. The van der Waals surface area contributed by atoms with Gasteiger partial charge in [-0.1, -0.05) is 0 Å². The summed E-state index contributed by atoms with van der Waals surface area (Å²) in [4.78, 5) is 0. The van der Waals surface area contributed by atoms with Gasteiger partial charge in [0.05, 0.1) is 13.2 Å². The van der Waals surface area contributed by atoms with E-state index in [0.717, 1.165) is 12.8 Å². The molecule has 2 aliphatic rings. The first-order valence-corrected chi connectivity index (χ1v) is 7.48. The predicted molar refractivity (Wildman–Crippen MR) is 62.7 cm³/mol. The number of morpholine rings is 1. The molecule has 0 amide bonds. The molecule has 0 aromatic heterocycles. The smallest absolute Gasteiger partial charge is 0.282 e. The lowest BCUT2D eigenvalue weighted by Crippen LogP contribution is -2.51. The maximum atomic E-state index is 12.3. The van der Waals surface area contributed by atoms with Gasteiger partial charge in [-0.05, 0) is 18.8 Å². The molecule has 2 saturated heterocycles. The summed E-state index contributed by atoms with van der Waals surface area (Å²) in [5, 5.41) is 9.13. The van der Waals surface area contributed by atoms with E-state index in [4.69, 9.17) is 9.84 Å². The highest BCUT2D eigenvalue weighted by Crippen LogP contribution is 2.21. The minimum atomic E-state index is -3.35. The van der Waals surface area contributed by atoms with E-state index in [1.165, 1.54) is 8.61 Å². The van der Waals surface area contributed by atoms with Gasteiger partial charge in [0.25, 0.3) is 10.2 Å². The number of aliphatic hydroxyl groups is 1. The van der Waals surface area contributed by atoms with Crippen molar-refractivity contribution < 1.29 is 18.3 Å². The fraction of sp³-hybridized carbons (Fsp3) is 1.00. The minimum Gasteiger partial charge on any atom is -0.396 e. The Morgan fingerprint density at radius 3 is 2.53 bits per heavy atom. The summed E-state index contributed by atoms with van der Waals surface area (Å²) < 4.78 is 32.8. The lowest BCUT2D eigenvalue weighted by molar-refractivity contribution is 0.0682. The quantitative estimate of drug-likeness (QED) is 0.729. The second-order valence-corrected chi connectivity index (χ2v) is 6.50. The van der Waals surface area contributed by atoms with Crippen LogP contribution in [0.2, 0.25) is 0 Å². The summed E-state index contributed by atoms with van der Waals surface area (Å²) in [6.45, 7) is 2.87. The Morgan fingerprint density at radius 2 is 1.88 bits per heavy atom. The number of aliphatic hydroxyl groups excluding tert-OH is 1. The van der Waals surface area contributed by atoms with E-state index < -0.39 is 10.2 Å². The van der Waals surface area contributed by atoms with Crippen LogP contribution >= 0.6 is 0 Å². The number of nitrogens with zero attached hydrogens (tertiary/aromatic N) is 2. The fourth-order valence-corrected chi connectivity index (χ4v) is 4.02. The third kappa shape index (κ3) is 2.97. The Hall–Kier alpha value is -0.210. The number of hydrogen-bond donors (Lipinski definition) is 1. The van der Waals surface area contributed by atoms with Crippen LogP contribution in [0.5, 0.6) is 0 Å². The van der Waals surface area contributed by atoms with Gasteiger partial charge in [0.1, 0.15) is 0 Å². The van der Waals surface area contributed by atoms with E-state index in [1.807, 2.05) is 0 Å². The van der Waals surface area contributed by atoms with Crippen LogP contribution in [0.1, 0.15) is 12.8 Å². The Bertz CT molecular complexity index is 340. The standard InChI is InChI=1S/C10H20N2O4S/c13-9-10-2-1-3-12(8-10)17(14,15)11-4-6-16-7-5-11/h10,13H,1-9H2. The van der Waals surface area contributed by atoms with E-state index in [-0.39, 0.29) is 12.5 Å². The van der Waals surface area contributed by atoms with Crippen molar-refractivity contribution in [3.8, 4) is 0 Å². The SMILES string of the molecule is O=S(=O)(N1CCOCC1)N1CCCC(CO)C1. The monoisotopic (exact) mass is 264 g/mol. The molecule has 7 heteroatoms. The molecule has 0 spiro atoms. The van der Waals surface area contributed by atoms with Gasteiger partial charge >= 0.3 is 0 Å². The molecule has 6 nitrogen and oxygen atoms in total. The molecule has 17 heavy (non-hydrogen) atoms. The summed E-state index contributed by atoms with van der Waals surface area (Å²) in [5.41, 5.74) is 0. The largest absolute Gasteiger partial charge is 0.396 e. The Balaban J connectivity index is 2.03. The van der Waals surface area contributed by atoms with Crippen LogP contribution < -0.4 is 0 Å². The van der Waals surface area contributed by atoms with Gasteiger partial charge in [0.2, 0.25) is 0 Å². The van der Waals surface area contributed by atoms with Crippen molar-refractivity contribution in [2.75, 3.05) is 46.0 Å². The molecule has 2 rings (SSSR count). The molecule has 2 fully saturated rings. The van der Waals surface area contributed by atoms with Gasteiger partial charge in [-0.3, -0.25) is 0 Å². The average molecular weight is 264 g/mol. The molecule has 0 radical (unpaired) electrons. The number of ether oxygens (including phenoxy) is 1. The lowest BCUT2D eigenvalue weighted by Gasteiger charge is -2.36. The first-order valence-electron chi connectivity index (χ1n) is 6.08. The maximum Gasteiger partial charge on any atom is 0.282 e. The molecule has 1 unspecified atom stereocenters. The van der Waals surface area contributed by atoms with Gasteiger partial charge in [0.15, 0.2) is 0 Å². The summed E-state index contributed by atoms with van der Waals surface area (Å²) in [5.74, 6) is 0.0829. The van der Waals surface area contributed by atoms with E-state index >= 15 is 0 Å². The maximum absolute atomic E-state index is 12.3. The highest BCUT2D eigenvalue weighted by atomic mass is 32.2. The van der Waals surface area contributed by atoms with Crippen molar-refractivity contribution in [1.29, 1.82) is 0 Å². The molecule has 2 aliphatic heterocycles. The van der Waals surface area contributed by atoms with Crippen LogP contribution in [0.4, 0.5) is 0 Å². The van der Waals surface area contributed by atoms with Crippen LogP contribution in [-0.4, -0.2) is 68.1 Å². The Kier molecular flexibility index (Phi) is 4.37. The van der Waals surface area contributed by atoms with E-state index in [9.17, 15) is 8.42 Å². The molecule has 0 aromatic rings. The molecule has 2 heterocycles. The van der Waals surface area contributed by atoms with Gasteiger partial charge in [-0.15, -0.1) is 0 Å². The molecule has 0 bridgehead atoms. The molecule has 0 saturated carbocycles. The van der Waals surface area contributed by atoms with Crippen LogP contribution in [-0.2, 0) is 14.9 Å². The van der Waals surface area contributed by atoms with Crippen molar-refractivity contribution in [3.63, 3.8) is 0 Å². The van der Waals surface area contributed by atoms with Crippen molar-refractivity contribution in [3.05, 3.63) is 0 Å². The summed E-state index contributed by atoms with van der Waals surface area (Å²) in [6.07, 6.45) is 1.74. The topological polar surface area (TPSA) is 70.1 Å². The normalized spacial score (nSPS) is 29.4. The first kappa shape index (κ1) is 13.2. The van der Waals surface area contributed by atoms with Gasteiger partial charge in [0, 0.05) is 32.8 Å². The van der Waals surface area contributed by atoms with Gasteiger partial charge in [-0.25, -0.2) is 0 Å². The minimum absolute atomic E-state index is 0.0646. The third-order valence-corrected chi connectivity index (χ3v) is 5.36. The second-order valence-electron chi connectivity index (χ2n) is 4.57. The van der Waals surface area contributed by atoms with Crippen LogP contribution in [0.15, 0.2) is 0 Å². The average Bonchev–Trinajstić information content (AvgIpc) is 2.40. The van der Waals surface area contributed by atoms with E-state index in [1.54, 1.807) is 0 Å². The van der Waals surface area contributed by atoms with Gasteiger partial charge < -0.3 is 9.84 Å². The first-order chi connectivity index (χ1) is 8.14. The molecule has 1 N–H and O–H groups in total. The summed E-state index contributed by atoms with van der Waals surface area (Å²) >= 11 is 0. The molecule has 0 aliphatic carbocycles. The van der Waals surface area contributed by atoms with Crippen LogP contribution in [0, 0.1) is 5.92 Å².